The van der Waals surface area contributed by atoms with Gasteiger partial charge in [-0.1, -0.05) is 6.92 Å². The van der Waals surface area contributed by atoms with E-state index in [-0.39, 0.29) is 29.8 Å². The van der Waals surface area contributed by atoms with Crippen LogP contribution >= 0.6 is 0 Å². The highest BCUT2D eigenvalue weighted by Gasteiger charge is 2.18. The molecule has 0 saturated carbocycles. The first-order valence-electron chi connectivity index (χ1n) is 5.05. The molecule has 2 N–H and O–H groups in total. The topological polar surface area (TPSA) is 56.2 Å². The zero-order chi connectivity index (χ0) is 11.7. The fourth-order valence-corrected chi connectivity index (χ4v) is 1.49. The van der Waals surface area contributed by atoms with Gasteiger partial charge in [-0.3, -0.25) is 4.79 Å². The molecule has 1 aromatic heterocycles. The van der Waals surface area contributed by atoms with E-state index in [9.17, 15) is 9.18 Å². The fourth-order valence-electron chi connectivity index (χ4n) is 1.49. The van der Waals surface area contributed by atoms with Crippen molar-refractivity contribution in [3.63, 3.8) is 0 Å². The van der Waals surface area contributed by atoms with Gasteiger partial charge in [0.05, 0.1) is 0 Å². The van der Waals surface area contributed by atoms with Gasteiger partial charge < -0.3 is 10.2 Å². The van der Waals surface area contributed by atoms with Crippen molar-refractivity contribution < 1.29 is 13.6 Å². The minimum absolute atomic E-state index is 0.154. The quantitative estimate of drug-likeness (QED) is 0.809. The van der Waals surface area contributed by atoms with Gasteiger partial charge in [-0.25, -0.2) is 4.39 Å². The SMILES string of the molecule is CC(CN)C(=O)c1cc2cc(F)ccc2o1. The van der Waals surface area contributed by atoms with Crippen LogP contribution in [0.25, 0.3) is 11.0 Å². The molecule has 1 unspecified atom stereocenters. The molecule has 0 saturated heterocycles. The van der Waals surface area contributed by atoms with E-state index < -0.39 is 0 Å². The summed E-state index contributed by atoms with van der Waals surface area (Å²) >= 11 is 0. The Morgan fingerprint density at radius 1 is 1.50 bits per heavy atom. The van der Waals surface area contributed by atoms with Crippen molar-refractivity contribution in [3.8, 4) is 0 Å². The molecule has 2 rings (SSSR count). The van der Waals surface area contributed by atoms with E-state index in [4.69, 9.17) is 10.2 Å². The minimum atomic E-state index is -0.348. The van der Waals surface area contributed by atoms with Crippen LogP contribution < -0.4 is 5.73 Å². The molecule has 0 spiro atoms. The fraction of sp³-hybridized carbons (Fsp3) is 0.250. The molecule has 16 heavy (non-hydrogen) atoms. The second kappa shape index (κ2) is 4.06. The predicted molar refractivity (Wildman–Crippen MR) is 58.7 cm³/mol. The zero-order valence-electron chi connectivity index (χ0n) is 8.87. The van der Waals surface area contributed by atoms with Gasteiger partial charge in [0.2, 0.25) is 5.78 Å². The van der Waals surface area contributed by atoms with Crippen molar-refractivity contribution in [2.75, 3.05) is 6.54 Å². The van der Waals surface area contributed by atoms with Crippen molar-refractivity contribution in [2.45, 2.75) is 6.92 Å². The summed E-state index contributed by atoms with van der Waals surface area (Å²) in [4.78, 5) is 11.8. The predicted octanol–water partition coefficient (Wildman–Crippen LogP) is 2.35. The standard InChI is InChI=1S/C12H12FNO2/c1-7(6-14)12(15)11-5-8-4-9(13)2-3-10(8)16-11/h2-5,7H,6,14H2,1H3. The third kappa shape index (κ3) is 1.84. The molecular formula is C12H12FNO2. The number of nitrogens with two attached hydrogens (primary N) is 1. The maximum absolute atomic E-state index is 12.9. The molecule has 0 amide bonds. The summed E-state index contributed by atoms with van der Waals surface area (Å²) in [5.74, 6) is -0.553. The van der Waals surface area contributed by atoms with Gasteiger partial charge in [0.1, 0.15) is 11.4 Å². The first kappa shape index (κ1) is 10.8. The summed E-state index contributed by atoms with van der Waals surface area (Å²) in [7, 11) is 0. The molecular weight excluding hydrogens is 209 g/mol. The summed E-state index contributed by atoms with van der Waals surface area (Å²) in [6, 6.07) is 5.69. The second-order valence-electron chi connectivity index (χ2n) is 3.79. The Morgan fingerprint density at radius 3 is 2.94 bits per heavy atom. The van der Waals surface area contributed by atoms with Crippen LogP contribution in [0.2, 0.25) is 0 Å². The molecule has 0 aliphatic carbocycles. The summed E-state index contributed by atoms with van der Waals surface area (Å²) < 4.78 is 18.3. The Hall–Kier alpha value is -1.68. The number of hydrogen-bond donors (Lipinski definition) is 1. The zero-order valence-corrected chi connectivity index (χ0v) is 8.87. The van der Waals surface area contributed by atoms with Crippen molar-refractivity contribution in [1.29, 1.82) is 0 Å². The number of fused-ring (bicyclic) bond motifs is 1. The van der Waals surface area contributed by atoms with Crippen LogP contribution in [0.5, 0.6) is 0 Å². The summed E-state index contributed by atoms with van der Waals surface area (Å²) in [6.45, 7) is 2.00. The Balaban J connectivity index is 2.43. The molecule has 0 aliphatic rings. The van der Waals surface area contributed by atoms with E-state index in [2.05, 4.69) is 0 Å². The molecule has 0 bridgehead atoms. The Morgan fingerprint density at radius 2 is 2.25 bits per heavy atom. The number of hydrogen-bond acceptors (Lipinski definition) is 3. The van der Waals surface area contributed by atoms with E-state index in [1.54, 1.807) is 13.0 Å². The number of furan rings is 1. The lowest BCUT2D eigenvalue weighted by Crippen LogP contribution is -2.20. The molecule has 3 nitrogen and oxygen atoms in total. The van der Waals surface area contributed by atoms with Crippen LogP contribution in [0.3, 0.4) is 0 Å². The van der Waals surface area contributed by atoms with Crippen molar-refractivity contribution in [1.82, 2.24) is 0 Å². The number of carbonyl (C=O) groups excluding carboxylic acids is 1. The van der Waals surface area contributed by atoms with Crippen LogP contribution in [-0.4, -0.2) is 12.3 Å². The summed E-state index contributed by atoms with van der Waals surface area (Å²) in [5, 5.41) is 0.590. The molecule has 1 aromatic carbocycles. The maximum Gasteiger partial charge on any atom is 0.202 e. The molecule has 0 fully saturated rings. The Bertz CT molecular complexity index is 533. The van der Waals surface area contributed by atoms with Crippen molar-refractivity contribution in [2.24, 2.45) is 11.7 Å². The van der Waals surface area contributed by atoms with E-state index >= 15 is 0 Å². The largest absolute Gasteiger partial charge is 0.453 e. The Kier molecular flexibility index (Phi) is 2.75. The lowest BCUT2D eigenvalue weighted by atomic mass is 10.1. The average Bonchev–Trinajstić information content (AvgIpc) is 2.69. The van der Waals surface area contributed by atoms with E-state index in [0.717, 1.165) is 0 Å². The number of halogens is 1. The first-order valence-corrected chi connectivity index (χ1v) is 5.05. The van der Waals surface area contributed by atoms with Gasteiger partial charge in [-0.15, -0.1) is 0 Å². The molecule has 1 heterocycles. The molecule has 0 aliphatic heterocycles. The summed E-state index contributed by atoms with van der Waals surface area (Å²) in [5.41, 5.74) is 5.91. The number of rotatable bonds is 3. The maximum atomic E-state index is 12.9. The van der Waals surface area contributed by atoms with Gasteiger partial charge in [0.25, 0.3) is 0 Å². The van der Waals surface area contributed by atoms with Crippen molar-refractivity contribution >= 4 is 16.8 Å². The lowest BCUT2D eigenvalue weighted by Gasteiger charge is -2.02. The molecule has 1 atom stereocenters. The van der Waals surface area contributed by atoms with E-state index in [0.29, 0.717) is 11.0 Å². The Labute approximate surface area is 92.0 Å². The third-order valence-electron chi connectivity index (χ3n) is 2.52. The lowest BCUT2D eigenvalue weighted by molar-refractivity contribution is 0.0908. The van der Waals surface area contributed by atoms with Crippen LogP contribution in [0.4, 0.5) is 4.39 Å². The van der Waals surface area contributed by atoms with E-state index in [1.807, 2.05) is 0 Å². The molecule has 2 aromatic rings. The first-order chi connectivity index (χ1) is 7.61. The van der Waals surface area contributed by atoms with Gasteiger partial charge in [-0.05, 0) is 24.3 Å². The molecule has 84 valence electrons. The number of ketones is 1. The second-order valence-corrected chi connectivity index (χ2v) is 3.79. The van der Waals surface area contributed by atoms with Crippen LogP contribution in [0, 0.1) is 11.7 Å². The van der Waals surface area contributed by atoms with Gasteiger partial charge in [0.15, 0.2) is 5.76 Å². The monoisotopic (exact) mass is 221 g/mol. The van der Waals surface area contributed by atoms with E-state index in [1.165, 1.54) is 18.2 Å². The smallest absolute Gasteiger partial charge is 0.202 e. The molecule has 4 heteroatoms. The van der Waals surface area contributed by atoms with Crippen LogP contribution in [-0.2, 0) is 0 Å². The van der Waals surface area contributed by atoms with Crippen LogP contribution in [0.15, 0.2) is 28.7 Å². The number of benzene rings is 1. The van der Waals surface area contributed by atoms with Crippen LogP contribution in [0.1, 0.15) is 17.5 Å². The van der Waals surface area contributed by atoms with Gasteiger partial charge in [-0.2, -0.15) is 0 Å². The normalized spacial score (nSPS) is 12.9. The van der Waals surface area contributed by atoms with Gasteiger partial charge >= 0.3 is 0 Å². The average molecular weight is 221 g/mol. The highest BCUT2D eigenvalue weighted by molar-refractivity contribution is 5.98. The molecule has 0 radical (unpaired) electrons. The van der Waals surface area contributed by atoms with Gasteiger partial charge in [0, 0.05) is 17.8 Å². The number of Topliss-reactive ketones (excluding diaryl/α,β-unsaturated/α-hetero) is 1. The minimum Gasteiger partial charge on any atom is -0.453 e. The number of carbonyl (C=O) groups is 1. The third-order valence-corrected chi connectivity index (χ3v) is 2.52. The summed E-state index contributed by atoms with van der Waals surface area (Å²) in [6.07, 6.45) is 0. The highest BCUT2D eigenvalue weighted by atomic mass is 19.1. The van der Waals surface area contributed by atoms with Crippen molar-refractivity contribution in [3.05, 3.63) is 35.8 Å². The highest BCUT2D eigenvalue weighted by Crippen LogP contribution is 2.22.